The van der Waals surface area contributed by atoms with Crippen LogP contribution < -0.4 is 5.73 Å². The molecule has 3 unspecified atom stereocenters. The summed E-state index contributed by atoms with van der Waals surface area (Å²) in [5, 5.41) is 1.51. The molecule has 0 heterocycles. The molecule has 0 aromatic carbocycles. The lowest BCUT2D eigenvalue weighted by molar-refractivity contribution is 0.0730. The molecule has 14 heavy (non-hydrogen) atoms. The summed E-state index contributed by atoms with van der Waals surface area (Å²) in [5.41, 5.74) is 5.55. The topological polar surface area (TPSA) is 35.2 Å². The van der Waals surface area contributed by atoms with Gasteiger partial charge in [0.15, 0.2) is 0 Å². The first-order valence-electron chi connectivity index (χ1n) is 5.64. The molecule has 0 aliphatic heterocycles. The van der Waals surface area contributed by atoms with E-state index in [0.29, 0.717) is 11.4 Å². The average molecular weight is 217 g/mol. The normalized spacial score (nSPS) is 30.2. The van der Waals surface area contributed by atoms with Gasteiger partial charge in [0.1, 0.15) is 0 Å². The van der Waals surface area contributed by atoms with E-state index >= 15 is 0 Å². The van der Waals surface area contributed by atoms with E-state index in [4.69, 9.17) is 10.5 Å². The van der Waals surface area contributed by atoms with E-state index in [9.17, 15) is 0 Å². The molecule has 0 saturated heterocycles. The van der Waals surface area contributed by atoms with Crippen LogP contribution in [0.3, 0.4) is 0 Å². The van der Waals surface area contributed by atoms with Gasteiger partial charge in [0, 0.05) is 17.6 Å². The average Bonchev–Trinajstić information content (AvgIpc) is 2.18. The number of hydrogen-bond donors (Lipinski definition) is 1. The molecule has 0 amide bonds. The molecule has 1 rings (SSSR count). The largest absolute Gasteiger partial charge is 0.381 e. The lowest BCUT2D eigenvalue weighted by Gasteiger charge is -2.29. The van der Waals surface area contributed by atoms with E-state index in [1.807, 2.05) is 7.11 Å². The molecular weight excluding hydrogens is 194 g/mol. The summed E-state index contributed by atoms with van der Waals surface area (Å²) in [6.07, 6.45) is 6.81. The van der Waals surface area contributed by atoms with Crippen molar-refractivity contribution in [2.45, 2.75) is 55.6 Å². The molecule has 0 aromatic rings. The van der Waals surface area contributed by atoms with Gasteiger partial charge in [-0.3, -0.25) is 0 Å². The minimum Gasteiger partial charge on any atom is -0.381 e. The van der Waals surface area contributed by atoms with E-state index in [1.54, 1.807) is 0 Å². The van der Waals surface area contributed by atoms with E-state index < -0.39 is 0 Å². The van der Waals surface area contributed by atoms with Gasteiger partial charge in [-0.2, -0.15) is 11.8 Å². The minimum atomic E-state index is 0.506. The van der Waals surface area contributed by atoms with Gasteiger partial charge in [0.2, 0.25) is 0 Å². The third kappa shape index (κ3) is 4.20. The quantitative estimate of drug-likeness (QED) is 0.768. The Morgan fingerprint density at radius 1 is 1.50 bits per heavy atom. The fourth-order valence-corrected chi connectivity index (χ4v) is 3.63. The van der Waals surface area contributed by atoms with E-state index in [2.05, 4.69) is 18.7 Å². The summed E-state index contributed by atoms with van der Waals surface area (Å²) in [6.45, 7) is 3.10. The molecule has 1 fully saturated rings. The van der Waals surface area contributed by atoms with E-state index in [0.717, 1.165) is 18.2 Å². The zero-order chi connectivity index (χ0) is 10.4. The number of hydrogen-bond acceptors (Lipinski definition) is 3. The van der Waals surface area contributed by atoms with Crippen molar-refractivity contribution in [1.29, 1.82) is 0 Å². The van der Waals surface area contributed by atoms with Crippen LogP contribution in [-0.2, 0) is 4.74 Å². The van der Waals surface area contributed by atoms with Crippen LogP contribution in [0, 0.1) is 0 Å². The molecule has 0 radical (unpaired) electrons. The highest BCUT2D eigenvalue weighted by molar-refractivity contribution is 8.00. The van der Waals surface area contributed by atoms with Crippen molar-refractivity contribution in [3.05, 3.63) is 0 Å². The van der Waals surface area contributed by atoms with Gasteiger partial charge < -0.3 is 10.5 Å². The second-order valence-electron chi connectivity index (χ2n) is 4.17. The molecule has 0 bridgehead atoms. The molecule has 84 valence electrons. The van der Waals surface area contributed by atoms with E-state index in [-0.39, 0.29) is 0 Å². The van der Waals surface area contributed by atoms with Crippen LogP contribution in [-0.4, -0.2) is 30.3 Å². The van der Waals surface area contributed by atoms with Gasteiger partial charge in [-0.15, -0.1) is 0 Å². The van der Waals surface area contributed by atoms with Crippen LogP contribution in [0.25, 0.3) is 0 Å². The standard InChI is InChI=1S/C11H23NOS/c1-9(6-7-12)14-11-5-3-4-10(8-11)13-2/h9-11H,3-8,12H2,1-2H3. The Kier molecular flexibility index (Phi) is 5.90. The molecule has 3 heteroatoms. The van der Waals surface area contributed by atoms with Crippen LogP contribution in [0.4, 0.5) is 0 Å². The smallest absolute Gasteiger partial charge is 0.0581 e. The first-order valence-corrected chi connectivity index (χ1v) is 6.59. The Bertz CT molecular complexity index is 154. The molecular formula is C11H23NOS. The zero-order valence-corrected chi connectivity index (χ0v) is 10.2. The third-order valence-electron chi connectivity index (χ3n) is 2.91. The summed E-state index contributed by atoms with van der Waals surface area (Å²) in [6, 6.07) is 0. The molecule has 1 aliphatic rings. The Labute approximate surface area is 92.0 Å². The highest BCUT2D eigenvalue weighted by Gasteiger charge is 2.23. The second kappa shape index (κ2) is 6.70. The van der Waals surface area contributed by atoms with Crippen molar-refractivity contribution < 1.29 is 4.74 Å². The summed E-state index contributed by atoms with van der Waals surface area (Å²) in [4.78, 5) is 0. The Morgan fingerprint density at radius 3 is 2.93 bits per heavy atom. The lowest BCUT2D eigenvalue weighted by atomic mass is 9.97. The summed E-state index contributed by atoms with van der Waals surface area (Å²) in [5.74, 6) is 0. The fraction of sp³-hybridized carbons (Fsp3) is 1.00. The van der Waals surface area contributed by atoms with Crippen molar-refractivity contribution in [3.8, 4) is 0 Å². The van der Waals surface area contributed by atoms with Crippen molar-refractivity contribution in [1.82, 2.24) is 0 Å². The summed E-state index contributed by atoms with van der Waals surface area (Å²) >= 11 is 2.10. The molecule has 1 saturated carbocycles. The highest BCUT2D eigenvalue weighted by Crippen LogP contribution is 2.32. The van der Waals surface area contributed by atoms with Gasteiger partial charge in [0.05, 0.1) is 6.10 Å². The molecule has 2 nitrogen and oxygen atoms in total. The van der Waals surface area contributed by atoms with Crippen molar-refractivity contribution in [3.63, 3.8) is 0 Å². The maximum atomic E-state index is 5.55. The highest BCUT2D eigenvalue weighted by atomic mass is 32.2. The van der Waals surface area contributed by atoms with Crippen molar-refractivity contribution >= 4 is 11.8 Å². The van der Waals surface area contributed by atoms with Crippen molar-refractivity contribution in [2.75, 3.05) is 13.7 Å². The fourth-order valence-electron chi connectivity index (χ4n) is 2.07. The maximum absolute atomic E-state index is 5.55. The third-order valence-corrected chi connectivity index (χ3v) is 4.42. The number of ether oxygens (including phenoxy) is 1. The van der Waals surface area contributed by atoms with Gasteiger partial charge in [0.25, 0.3) is 0 Å². The van der Waals surface area contributed by atoms with Crippen LogP contribution in [0.5, 0.6) is 0 Å². The van der Waals surface area contributed by atoms with E-state index in [1.165, 1.54) is 25.7 Å². The molecule has 2 N–H and O–H groups in total. The Balaban J connectivity index is 2.22. The summed E-state index contributed by atoms with van der Waals surface area (Å²) in [7, 11) is 1.83. The summed E-state index contributed by atoms with van der Waals surface area (Å²) < 4.78 is 5.42. The molecule has 1 aliphatic carbocycles. The maximum Gasteiger partial charge on any atom is 0.0581 e. The monoisotopic (exact) mass is 217 g/mol. The second-order valence-corrected chi connectivity index (χ2v) is 5.91. The Hall–Kier alpha value is 0.270. The van der Waals surface area contributed by atoms with Crippen LogP contribution in [0.1, 0.15) is 39.0 Å². The molecule has 0 spiro atoms. The number of rotatable bonds is 5. The van der Waals surface area contributed by atoms with Gasteiger partial charge >= 0.3 is 0 Å². The van der Waals surface area contributed by atoms with Crippen molar-refractivity contribution in [2.24, 2.45) is 5.73 Å². The minimum absolute atomic E-state index is 0.506. The lowest BCUT2D eigenvalue weighted by Crippen LogP contribution is -2.25. The van der Waals surface area contributed by atoms with Gasteiger partial charge in [-0.1, -0.05) is 6.92 Å². The van der Waals surface area contributed by atoms with Gasteiger partial charge in [-0.05, 0) is 38.6 Å². The zero-order valence-electron chi connectivity index (χ0n) is 9.37. The number of methoxy groups -OCH3 is 1. The first-order chi connectivity index (χ1) is 6.76. The molecule has 3 atom stereocenters. The number of thioether (sulfide) groups is 1. The first kappa shape index (κ1) is 12.3. The Morgan fingerprint density at radius 2 is 2.29 bits per heavy atom. The predicted molar refractivity (Wildman–Crippen MR) is 63.8 cm³/mol. The molecule has 0 aromatic heterocycles. The number of nitrogens with two attached hydrogens (primary N) is 1. The van der Waals surface area contributed by atoms with Crippen LogP contribution >= 0.6 is 11.8 Å². The van der Waals surface area contributed by atoms with Crippen LogP contribution in [0.2, 0.25) is 0 Å². The van der Waals surface area contributed by atoms with Gasteiger partial charge in [-0.25, -0.2) is 0 Å². The SMILES string of the molecule is COC1CCCC(SC(C)CCN)C1. The predicted octanol–water partition coefficient (Wildman–Crippen LogP) is 2.41. The van der Waals surface area contributed by atoms with Crippen LogP contribution in [0.15, 0.2) is 0 Å².